The Morgan fingerprint density at radius 2 is 2.17 bits per heavy atom. The van der Waals surface area contributed by atoms with Crippen molar-refractivity contribution in [1.29, 1.82) is 0 Å². The third-order valence-corrected chi connectivity index (χ3v) is 3.83. The highest BCUT2D eigenvalue weighted by molar-refractivity contribution is 5.74. The number of likely N-dealkylation sites (tertiary alicyclic amines) is 1. The lowest BCUT2D eigenvalue weighted by Gasteiger charge is -2.36. The van der Waals surface area contributed by atoms with E-state index in [4.69, 9.17) is 21.8 Å². The molecule has 1 heterocycles. The molecule has 2 rings (SSSR count). The molecule has 2 N–H and O–H groups in total. The third kappa shape index (κ3) is 4.54. The van der Waals surface area contributed by atoms with Crippen molar-refractivity contribution >= 4 is 17.5 Å². The number of nitrogens with zero attached hydrogens (tertiary/aromatic N) is 2. The maximum atomic E-state index is 12.4. The molecule has 0 bridgehead atoms. The summed E-state index contributed by atoms with van der Waals surface area (Å²) in [5.74, 6) is 0.458. The number of benzene rings is 1. The van der Waals surface area contributed by atoms with Gasteiger partial charge in [-0.1, -0.05) is 6.07 Å². The van der Waals surface area contributed by atoms with E-state index in [9.17, 15) is 4.79 Å². The normalized spacial score (nSPS) is 17.9. The number of amides is 1. The molecule has 0 unspecified atom stereocenters. The minimum Gasteiger partial charge on any atom is -0.502 e. The second-order valence-corrected chi connectivity index (χ2v) is 6.94. The van der Waals surface area contributed by atoms with Gasteiger partial charge in [0.15, 0.2) is 0 Å². The quantitative estimate of drug-likeness (QED) is 0.671. The maximum Gasteiger partial charge on any atom is 0.410 e. The van der Waals surface area contributed by atoms with E-state index < -0.39 is 5.60 Å². The molecule has 130 valence electrons. The summed E-state index contributed by atoms with van der Waals surface area (Å²) in [4.78, 5) is 17.6. The van der Waals surface area contributed by atoms with Crippen LogP contribution in [0.1, 0.15) is 40.0 Å². The summed E-state index contributed by atoms with van der Waals surface area (Å²) < 4.78 is 11.3. The fraction of sp³-hybridized carbons (Fsp3) is 0.556. The summed E-state index contributed by atoms with van der Waals surface area (Å²) in [6.45, 7) is 13.8. The number of piperidine rings is 1. The first-order valence-electron chi connectivity index (χ1n) is 8.20. The molecule has 1 aromatic carbocycles. The highest BCUT2D eigenvalue weighted by Crippen LogP contribution is 2.34. The van der Waals surface area contributed by atoms with Crippen LogP contribution in [-0.2, 0) is 4.74 Å². The number of anilines is 1. The number of nitrogens with two attached hydrogens (primary N) is 1. The molecular formula is C18H25N3O3. The van der Waals surface area contributed by atoms with E-state index in [2.05, 4.69) is 4.85 Å². The van der Waals surface area contributed by atoms with Crippen LogP contribution in [0.15, 0.2) is 18.2 Å². The predicted molar refractivity (Wildman–Crippen MR) is 93.2 cm³/mol. The van der Waals surface area contributed by atoms with E-state index in [0.29, 0.717) is 30.3 Å². The number of carbonyl (C=O) groups excluding carboxylic acids is 1. The Bertz CT molecular complexity index is 631. The van der Waals surface area contributed by atoms with Crippen LogP contribution >= 0.6 is 0 Å². The Kier molecular flexibility index (Phi) is 5.55. The Labute approximate surface area is 143 Å². The van der Waals surface area contributed by atoms with Crippen LogP contribution < -0.4 is 10.5 Å². The molecule has 0 aromatic heterocycles. The van der Waals surface area contributed by atoms with Gasteiger partial charge >= 0.3 is 6.09 Å². The van der Waals surface area contributed by atoms with Gasteiger partial charge in [0, 0.05) is 12.2 Å². The van der Waals surface area contributed by atoms with Crippen LogP contribution in [0.4, 0.5) is 16.2 Å². The van der Waals surface area contributed by atoms with Crippen LogP contribution in [0.2, 0.25) is 0 Å². The summed E-state index contributed by atoms with van der Waals surface area (Å²) in [6.07, 6.45) is 2.55. The largest absolute Gasteiger partial charge is 0.502 e. The van der Waals surface area contributed by atoms with Gasteiger partial charge in [-0.3, -0.25) is 0 Å². The van der Waals surface area contributed by atoms with Gasteiger partial charge in [-0.05, 0) is 52.2 Å². The van der Waals surface area contributed by atoms with Gasteiger partial charge in [0.05, 0.1) is 12.6 Å². The summed E-state index contributed by atoms with van der Waals surface area (Å²) >= 11 is 0. The molecule has 0 radical (unpaired) electrons. The van der Waals surface area contributed by atoms with Crippen LogP contribution in [0, 0.1) is 6.57 Å². The van der Waals surface area contributed by atoms with Crippen molar-refractivity contribution in [2.45, 2.75) is 51.7 Å². The second kappa shape index (κ2) is 7.43. The zero-order valence-electron chi connectivity index (χ0n) is 14.5. The average molecular weight is 331 g/mol. The number of hydrogen-bond donors (Lipinski definition) is 1. The van der Waals surface area contributed by atoms with Crippen molar-refractivity contribution in [3.8, 4) is 5.75 Å². The minimum absolute atomic E-state index is 0.0615. The number of hydrogen-bond acceptors (Lipinski definition) is 4. The smallest absolute Gasteiger partial charge is 0.410 e. The van der Waals surface area contributed by atoms with Gasteiger partial charge in [0.1, 0.15) is 18.0 Å². The number of carbonyl (C=O) groups is 1. The number of ether oxygens (including phenoxy) is 2. The highest BCUT2D eigenvalue weighted by atomic mass is 16.6. The molecular weight excluding hydrogens is 306 g/mol. The van der Waals surface area contributed by atoms with Crippen molar-refractivity contribution < 1.29 is 14.3 Å². The first kappa shape index (κ1) is 17.9. The van der Waals surface area contributed by atoms with Crippen molar-refractivity contribution in [3.05, 3.63) is 29.6 Å². The Balaban J connectivity index is 2.06. The molecule has 0 saturated carbocycles. The molecule has 6 heteroatoms. The molecule has 1 saturated heterocycles. The van der Waals surface area contributed by atoms with Gasteiger partial charge in [-0.15, -0.1) is 0 Å². The maximum absolute atomic E-state index is 12.4. The minimum atomic E-state index is -0.523. The van der Waals surface area contributed by atoms with Gasteiger partial charge < -0.3 is 20.1 Å². The number of nitrogen functional groups attached to an aromatic ring is 1. The number of rotatable bonds is 3. The molecule has 1 atom stereocenters. The Morgan fingerprint density at radius 3 is 2.83 bits per heavy atom. The summed E-state index contributed by atoms with van der Waals surface area (Å²) in [5, 5.41) is 0. The van der Waals surface area contributed by atoms with Gasteiger partial charge in [0.25, 0.3) is 0 Å². The predicted octanol–water partition coefficient (Wildman–Crippen LogP) is 3.99. The van der Waals surface area contributed by atoms with E-state index in [1.807, 2.05) is 20.8 Å². The molecule has 1 amide bonds. The summed E-state index contributed by atoms with van der Waals surface area (Å²) in [7, 11) is 0. The fourth-order valence-corrected chi connectivity index (χ4v) is 2.70. The average Bonchev–Trinajstić information content (AvgIpc) is 2.51. The van der Waals surface area contributed by atoms with Crippen LogP contribution in [0.5, 0.6) is 5.75 Å². The molecule has 1 aliphatic heterocycles. The van der Waals surface area contributed by atoms with Crippen LogP contribution in [0.3, 0.4) is 0 Å². The molecule has 0 aliphatic carbocycles. The zero-order valence-corrected chi connectivity index (χ0v) is 14.5. The van der Waals surface area contributed by atoms with Gasteiger partial charge in [0.2, 0.25) is 5.69 Å². The highest BCUT2D eigenvalue weighted by Gasteiger charge is 2.31. The van der Waals surface area contributed by atoms with Gasteiger partial charge in [-0.25, -0.2) is 9.64 Å². The van der Waals surface area contributed by atoms with Crippen molar-refractivity contribution in [2.75, 3.05) is 18.9 Å². The second-order valence-electron chi connectivity index (χ2n) is 6.94. The third-order valence-electron chi connectivity index (χ3n) is 3.83. The lowest BCUT2D eigenvalue weighted by atomic mass is 10.0. The zero-order chi connectivity index (χ0) is 17.7. The molecule has 1 fully saturated rings. The Morgan fingerprint density at radius 1 is 1.42 bits per heavy atom. The van der Waals surface area contributed by atoms with E-state index in [1.54, 1.807) is 23.1 Å². The standard InChI is InChI=1S/C18H25N3O3/c1-18(2,3)24-17(22)21-11-6-5-8-13(21)12-23-15-10-7-9-14(19)16(15)20-4/h7,9-10,13H,5-6,8,11-12,19H2,1-3H3/t13-/m1/s1. The molecule has 24 heavy (non-hydrogen) atoms. The molecule has 1 aromatic rings. The van der Waals surface area contributed by atoms with Crippen molar-refractivity contribution in [1.82, 2.24) is 4.90 Å². The van der Waals surface area contributed by atoms with Crippen LogP contribution in [0.25, 0.3) is 4.85 Å². The molecule has 6 nitrogen and oxygen atoms in total. The van der Waals surface area contributed by atoms with Crippen LogP contribution in [-0.4, -0.2) is 35.8 Å². The van der Waals surface area contributed by atoms with E-state index >= 15 is 0 Å². The first-order chi connectivity index (χ1) is 11.3. The van der Waals surface area contributed by atoms with E-state index in [1.165, 1.54) is 0 Å². The Hall–Kier alpha value is -2.42. The topological polar surface area (TPSA) is 69.2 Å². The SMILES string of the molecule is [C-]#[N+]c1c(N)cccc1OC[C@H]1CCCCN1C(=O)OC(C)(C)C. The summed E-state index contributed by atoms with van der Waals surface area (Å²) in [5.41, 5.74) is 6.00. The number of para-hydroxylation sites is 1. The molecule has 1 aliphatic rings. The van der Waals surface area contributed by atoms with Crippen molar-refractivity contribution in [2.24, 2.45) is 0 Å². The van der Waals surface area contributed by atoms with Gasteiger partial charge in [-0.2, -0.15) is 0 Å². The lowest BCUT2D eigenvalue weighted by molar-refractivity contribution is 0.00366. The van der Waals surface area contributed by atoms with E-state index in [0.717, 1.165) is 19.3 Å². The monoisotopic (exact) mass is 331 g/mol. The van der Waals surface area contributed by atoms with E-state index in [-0.39, 0.29) is 12.1 Å². The summed E-state index contributed by atoms with van der Waals surface area (Å²) in [6, 6.07) is 5.10. The lowest BCUT2D eigenvalue weighted by Crippen LogP contribution is -2.48. The fourth-order valence-electron chi connectivity index (χ4n) is 2.70. The first-order valence-corrected chi connectivity index (χ1v) is 8.20. The molecule has 0 spiro atoms. The van der Waals surface area contributed by atoms with Crippen molar-refractivity contribution in [3.63, 3.8) is 0 Å².